The lowest BCUT2D eigenvalue weighted by Gasteiger charge is -2.20. The number of aryl methyl sites for hydroxylation is 3. The van der Waals surface area contributed by atoms with Gasteiger partial charge in [0.25, 0.3) is 11.8 Å². The van der Waals surface area contributed by atoms with Crippen LogP contribution in [0.4, 0.5) is 11.4 Å². The molecule has 2 amide bonds. The molecule has 3 heterocycles. The summed E-state index contributed by atoms with van der Waals surface area (Å²) in [4.78, 5) is 33.9. The van der Waals surface area contributed by atoms with E-state index in [0.717, 1.165) is 41.6 Å². The summed E-state index contributed by atoms with van der Waals surface area (Å²) in [5, 5.41) is 4.98. The van der Waals surface area contributed by atoms with Crippen LogP contribution in [0.2, 0.25) is 0 Å². The topological polar surface area (TPSA) is 62.3 Å². The van der Waals surface area contributed by atoms with Crippen LogP contribution in [0.15, 0.2) is 72.2 Å². The van der Waals surface area contributed by atoms with Crippen LogP contribution in [0.5, 0.6) is 0 Å². The number of hydrogen-bond acceptors (Lipinski definition) is 4. The van der Waals surface area contributed by atoms with Gasteiger partial charge < -0.3 is 10.2 Å². The van der Waals surface area contributed by atoms with E-state index in [-0.39, 0.29) is 11.8 Å². The monoisotopic (exact) mass is 481 g/mol. The number of anilines is 2. The normalized spacial score (nSPS) is 13.1. The van der Waals surface area contributed by atoms with Crippen molar-refractivity contribution in [3.8, 4) is 11.1 Å². The molecule has 0 spiro atoms. The molecule has 0 radical (unpaired) electrons. The van der Waals surface area contributed by atoms with Gasteiger partial charge in [-0.15, -0.1) is 11.3 Å². The van der Waals surface area contributed by atoms with Crippen molar-refractivity contribution < 1.29 is 9.59 Å². The minimum atomic E-state index is -0.211. The van der Waals surface area contributed by atoms with Gasteiger partial charge in [0.05, 0.1) is 17.6 Å². The second-order valence-electron chi connectivity index (χ2n) is 8.89. The van der Waals surface area contributed by atoms with Gasteiger partial charge in [-0.3, -0.25) is 9.59 Å². The van der Waals surface area contributed by atoms with E-state index in [4.69, 9.17) is 0 Å². The third-order valence-electron chi connectivity index (χ3n) is 6.38. The zero-order valence-electron chi connectivity index (χ0n) is 19.9. The summed E-state index contributed by atoms with van der Waals surface area (Å²) < 4.78 is 0. The van der Waals surface area contributed by atoms with Crippen molar-refractivity contribution in [3.63, 3.8) is 0 Å². The fourth-order valence-electron chi connectivity index (χ4n) is 4.61. The molecular formula is C29H27N3O2S. The maximum Gasteiger partial charge on any atom is 0.276 e. The van der Waals surface area contributed by atoms with Gasteiger partial charge in [0.1, 0.15) is 5.69 Å². The minimum absolute atomic E-state index is 0.107. The molecule has 0 saturated heterocycles. The van der Waals surface area contributed by atoms with Crippen molar-refractivity contribution in [2.24, 2.45) is 0 Å². The lowest BCUT2D eigenvalue weighted by molar-refractivity contribution is 0.0981. The number of benzene rings is 2. The first-order valence-electron chi connectivity index (χ1n) is 11.8. The Bertz CT molecular complexity index is 1390. The van der Waals surface area contributed by atoms with Gasteiger partial charge in [-0.2, -0.15) is 0 Å². The summed E-state index contributed by atoms with van der Waals surface area (Å²) in [6.07, 6.45) is 4.62. The summed E-state index contributed by atoms with van der Waals surface area (Å²) >= 11 is 1.70. The van der Waals surface area contributed by atoms with Crippen LogP contribution in [-0.2, 0) is 6.42 Å². The van der Waals surface area contributed by atoms with Gasteiger partial charge in [-0.25, -0.2) is 4.98 Å². The second kappa shape index (κ2) is 9.84. The van der Waals surface area contributed by atoms with Gasteiger partial charge in [-0.05, 0) is 79.4 Å². The van der Waals surface area contributed by atoms with Gasteiger partial charge >= 0.3 is 0 Å². The third-order valence-corrected chi connectivity index (χ3v) is 7.35. The summed E-state index contributed by atoms with van der Waals surface area (Å²) in [5.74, 6) is -0.318. The molecule has 1 N–H and O–H groups in total. The number of amides is 2. The van der Waals surface area contributed by atoms with Crippen LogP contribution in [0.1, 0.15) is 49.7 Å². The number of nitrogens with zero attached hydrogens (tertiary/aromatic N) is 2. The molecule has 6 heteroatoms. The van der Waals surface area contributed by atoms with Gasteiger partial charge in [-0.1, -0.05) is 42.0 Å². The number of rotatable bonds is 4. The number of nitrogens with one attached hydrogen (secondary N) is 1. The minimum Gasteiger partial charge on any atom is -0.321 e. The van der Waals surface area contributed by atoms with Gasteiger partial charge in [0.15, 0.2) is 0 Å². The highest BCUT2D eigenvalue weighted by Gasteiger charge is 2.24. The Morgan fingerprint density at radius 3 is 2.63 bits per heavy atom. The van der Waals surface area contributed by atoms with Crippen LogP contribution < -0.4 is 10.2 Å². The Morgan fingerprint density at radius 2 is 1.83 bits per heavy atom. The molecule has 0 fully saturated rings. The van der Waals surface area contributed by atoms with Crippen molar-refractivity contribution in [1.29, 1.82) is 0 Å². The predicted octanol–water partition coefficient (Wildman–Crippen LogP) is 6.66. The molecule has 0 unspecified atom stereocenters. The van der Waals surface area contributed by atoms with E-state index in [0.29, 0.717) is 23.5 Å². The Hall–Kier alpha value is -3.77. The molecule has 2 aromatic carbocycles. The molecule has 0 saturated carbocycles. The largest absolute Gasteiger partial charge is 0.321 e. The maximum absolute atomic E-state index is 13.2. The summed E-state index contributed by atoms with van der Waals surface area (Å²) in [7, 11) is 0. The zero-order chi connectivity index (χ0) is 24.4. The van der Waals surface area contributed by atoms with Crippen molar-refractivity contribution in [1.82, 2.24) is 4.98 Å². The number of carbonyl (C=O) groups excluding carboxylic acids is 2. The predicted molar refractivity (Wildman–Crippen MR) is 142 cm³/mol. The van der Waals surface area contributed by atoms with E-state index in [1.54, 1.807) is 29.7 Å². The van der Waals surface area contributed by atoms with Gasteiger partial charge in [0.2, 0.25) is 0 Å². The van der Waals surface area contributed by atoms with Crippen molar-refractivity contribution >= 4 is 34.5 Å². The first-order valence-corrected chi connectivity index (χ1v) is 12.7. The van der Waals surface area contributed by atoms with Crippen LogP contribution in [0, 0.1) is 13.8 Å². The van der Waals surface area contributed by atoms with Crippen LogP contribution in [0.3, 0.4) is 0 Å². The van der Waals surface area contributed by atoms with E-state index in [1.807, 2.05) is 40.6 Å². The van der Waals surface area contributed by atoms with Gasteiger partial charge in [0, 0.05) is 17.0 Å². The summed E-state index contributed by atoms with van der Waals surface area (Å²) in [6.45, 7) is 4.81. The number of hydrogen-bond donors (Lipinski definition) is 1. The SMILES string of the molecule is Cc1ccc(-c2ccccc2C(=O)Nc2ccc(C(=O)N3CCCCc4sccc43)nc2)c(C)c1. The molecule has 1 aliphatic rings. The highest BCUT2D eigenvalue weighted by atomic mass is 32.1. The number of thiophene rings is 1. The molecule has 5 nitrogen and oxygen atoms in total. The number of carbonyl (C=O) groups is 2. The van der Waals surface area contributed by atoms with Crippen molar-refractivity contribution in [2.45, 2.75) is 33.1 Å². The molecule has 2 aromatic heterocycles. The summed E-state index contributed by atoms with van der Waals surface area (Å²) in [6, 6.07) is 19.3. The number of fused-ring (bicyclic) bond motifs is 1. The molecular weight excluding hydrogens is 454 g/mol. The summed E-state index contributed by atoms with van der Waals surface area (Å²) in [5.41, 5.74) is 6.74. The maximum atomic E-state index is 13.2. The Morgan fingerprint density at radius 1 is 0.971 bits per heavy atom. The van der Waals surface area contributed by atoms with E-state index >= 15 is 0 Å². The number of pyridine rings is 1. The zero-order valence-corrected chi connectivity index (χ0v) is 20.7. The van der Waals surface area contributed by atoms with E-state index < -0.39 is 0 Å². The molecule has 1 aliphatic heterocycles. The molecule has 5 rings (SSSR count). The Kier molecular flexibility index (Phi) is 6.47. The molecule has 35 heavy (non-hydrogen) atoms. The Balaban J connectivity index is 1.35. The average molecular weight is 482 g/mol. The molecule has 0 aliphatic carbocycles. The molecule has 176 valence electrons. The highest BCUT2D eigenvalue weighted by Crippen LogP contribution is 2.32. The van der Waals surface area contributed by atoms with E-state index in [2.05, 4.69) is 42.3 Å². The quantitative estimate of drug-likeness (QED) is 0.354. The first kappa shape index (κ1) is 23.0. The fourth-order valence-corrected chi connectivity index (χ4v) is 5.53. The Labute approximate surface area is 209 Å². The van der Waals surface area contributed by atoms with Crippen LogP contribution in [-0.4, -0.2) is 23.3 Å². The van der Waals surface area contributed by atoms with Crippen molar-refractivity contribution in [3.05, 3.63) is 99.5 Å². The fraction of sp³-hybridized carbons (Fsp3) is 0.207. The van der Waals surface area contributed by atoms with E-state index in [9.17, 15) is 9.59 Å². The van der Waals surface area contributed by atoms with Crippen LogP contribution >= 0.6 is 11.3 Å². The molecule has 0 atom stereocenters. The molecule has 4 aromatic rings. The highest BCUT2D eigenvalue weighted by molar-refractivity contribution is 7.10. The third kappa shape index (κ3) is 4.75. The average Bonchev–Trinajstić information content (AvgIpc) is 3.23. The second-order valence-corrected chi connectivity index (χ2v) is 9.89. The molecule has 0 bridgehead atoms. The lowest BCUT2D eigenvalue weighted by Crippen LogP contribution is -2.32. The van der Waals surface area contributed by atoms with Crippen molar-refractivity contribution in [2.75, 3.05) is 16.8 Å². The van der Waals surface area contributed by atoms with E-state index in [1.165, 1.54) is 10.4 Å². The lowest BCUT2D eigenvalue weighted by atomic mass is 9.94. The standard InChI is InChI=1S/C29H27N3O2S/c1-19-10-12-22(20(2)17-19)23-7-3-4-8-24(23)28(33)31-21-11-13-25(30-18-21)29(34)32-15-6-5-9-27-26(32)14-16-35-27/h3-4,7-8,10-14,16-18H,5-6,9,15H2,1-2H3,(H,31,33). The first-order chi connectivity index (χ1) is 17.0. The number of aromatic nitrogens is 1. The van der Waals surface area contributed by atoms with Crippen LogP contribution in [0.25, 0.3) is 11.1 Å². The smallest absolute Gasteiger partial charge is 0.276 e.